The van der Waals surface area contributed by atoms with Crippen molar-refractivity contribution in [1.82, 2.24) is 5.43 Å². The van der Waals surface area contributed by atoms with Crippen LogP contribution in [0.25, 0.3) is 0 Å². The van der Waals surface area contributed by atoms with E-state index in [1.807, 2.05) is 32.0 Å². The Bertz CT molecular complexity index is 818. The number of rotatable bonds is 4. The van der Waals surface area contributed by atoms with Gasteiger partial charge in [-0.15, -0.1) is 0 Å². The van der Waals surface area contributed by atoms with Gasteiger partial charge in [-0.05, 0) is 50.2 Å². The highest BCUT2D eigenvalue weighted by Crippen LogP contribution is 2.18. The van der Waals surface area contributed by atoms with Crippen LogP contribution in [0.2, 0.25) is 0 Å². The van der Waals surface area contributed by atoms with E-state index >= 15 is 0 Å². The lowest BCUT2D eigenvalue weighted by Gasteiger charge is -2.12. The number of nitro benzene ring substituents is 1. The van der Waals surface area contributed by atoms with E-state index in [4.69, 9.17) is 12.2 Å². The maximum atomic E-state index is 10.8. The zero-order valence-corrected chi connectivity index (χ0v) is 14.5. The lowest BCUT2D eigenvalue weighted by Crippen LogP contribution is -2.25. The minimum absolute atomic E-state index is 0.0261. The van der Waals surface area contributed by atoms with Crippen molar-refractivity contribution in [3.8, 4) is 0 Å². The number of hydrogen-bond acceptors (Lipinski definition) is 4. The van der Waals surface area contributed by atoms with Crippen LogP contribution in [0, 0.1) is 24.0 Å². The molecule has 0 fully saturated rings. The van der Waals surface area contributed by atoms with Gasteiger partial charge in [-0.3, -0.25) is 15.5 Å². The molecule has 0 radical (unpaired) electrons. The largest absolute Gasteiger partial charge is 0.331 e. The lowest BCUT2D eigenvalue weighted by molar-refractivity contribution is -0.384. The van der Waals surface area contributed by atoms with Gasteiger partial charge in [0.15, 0.2) is 5.11 Å². The first kappa shape index (κ1) is 17.6. The fraction of sp³-hybridized carbons (Fsp3) is 0.176. The third kappa shape index (κ3) is 4.36. The van der Waals surface area contributed by atoms with Crippen LogP contribution in [0.1, 0.15) is 23.6 Å². The quantitative estimate of drug-likeness (QED) is 0.381. The van der Waals surface area contributed by atoms with E-state index in [1.54, 1.807) is 19.1 Å². The van der Waals surface area contributed by atoms with E-state index in [-0.39, 0.29) is 5.69 Å². The molecule has 0 aliphatic rings. The minimum Gasteiger partial charge on any atom is -0.331 e. The second kappa shape index (κ2) is 7.65. The second-order valence-electron chi connectivity index (χ2n) is 5.32. The molecule has 2 aromatic rings. The third-order valence-electron chi connectivity index (χ3n) is 3.65. The van der Waals surface area contributed by atoms with E-state index in [9.17, 15) is 10.1 Å². The molecular formula is C17H18N4O2S. The molecule has 0 atom stereocenters. The smallest absolute Gasteiger partial charge is 0.270 e. The molecular weight excluding hydrogens is 324 g/mol. The van der Waals surface area contributed by atoms with Crippen molar-refractivity contribution >= 4 is 34.4 Å². The number of anilines is 1. The molecule has 0 aliphatic heterocycles. The van der Waals surface area contributed by atoms with E-state index in [0.717, 1.165) is 11.3 Å². The summed E-state index contributed by atoms with van der Waals surface area (Å²) < 4.78 is 0. The maximum Gasteiger partial charge on any atom is 0.270 e. The van der Waals surface area contributed by atoms with E-state index in [1.165, 1.54) is 17.7 Å². The zero-order chi connectivity index (χ0) is 17.7. The van der Waals surface area contributed by atoms with Gasteiger partial charge in [0.25, 0.3) is 5.69 Å². The van der Waals surface area contributed by atoms with Crippen molar-refractivity contribution in [3.05, 3.63) is 69.3 Å². The summed E-state index contributed by atoms with van der Waals surface area (Å²) in [6.07, 6.45) is 0. The van der Waals surface area contributed by atoms with Crippen molar-refractivity contribution in [1.29, 1.82) is 0 Å². The van der Waals surface area contributed by atoms with Crippen LogP contribution in [-0.2, 0) is 0 Å². The molecule has 0 saturated carbocycles. The summed E-state index contributed by atoms with van der Waals surface area (Å²) in [5.41, 5.74) is 7.24. The van der Waals surface area contributed by atoms with Crippen LogP contribution in [-0.4, -0.2) is 15.7 Å². The first-order valence-electron chi connectivity index (χ1n) is 7.31. The van der Waals surface area contributed by atoms with Crippen molar-refractivity contribution in [3.63, 3.8) is 0 Å². The first-order chi connectivity index (χ1) is 11.4. The van der Waals surface area contributed by atoms with Crippen LogP contribution in [0.5, 0.6) is 0 Å². The summed E-state index contributed by atoms with van der Waals surface area (Å²) in [5, 5.41) is 18.5. The average Bonchev–Trinajstić information content (AvgIpc) is 2.57. The number of nitro groups is 1. The fourth-order valence-corrected chi connectivity index (χ4v) is 2.24. The highest BCUT2D eigenvalue weighted by Gasteiger charge is 2.08. The van der Waals surface area contributed by atoms with Gasteiger partial charge in [0, 0.05) is 23.4 Å². The number of aryl methyl sites for hydroxylation is 1. The fourth-order valence-electron chi connectivity index (χ4n) is 2.08. The van der Waals surface area contributed by atoms with E-state index in [0.29, 0.717) is 16.4 Å². The lowest BCUT2D eigenvalue weighted by atomic mass is 10.1. The van der Waals surface area contributed by atoms with Crippen molar-refractivity contribution < 1.29 is 4.92 Å². The van der Waals surface area contributed by atoms with Crippen LogP contribution < -0.4 is 10.7 Å². The van der Waals surface area contributed by atoms with Crippen molar-refractivity contribution in [2.24, 2.45) is 5.10 Å². The molecule has 0 unspecified atom stereocenters. The summed E-state index contributed by atoms with van der Waals surface area (Å²) in [6.45, 7) is 5.80. The molecule has 0 heterocycles. The summed E-state index contributed by atoms with van der Waals surface area (Å²) in [4.78, 5) is 10.4. The van der Waals surface area contributed by atoms with Crippen LogP contribution in [0.3, 0.4) is 0 Å². The number of hydrazone groups is 1. The molecule has 0 aromatic heterocycles. The van der Waals surface area contributed by atoms with Gasteiger partial charge in [-0.1, -0.05) is 24.3 Å². The summed E-state index contributed by atoms with van der Waals surface area (Å²) in [5.74, 6) is 0. The predicted molar refractivity (Wildman–Crippen MR) is 101 cm³/mol. The van der Waals surface area contributed by atoms with Crippen LogP contribution in [0.4, 0.5) is 11.4 Å². The molecule has 0 bridgehead atoms. The van der Waals surface area contributed by atoms with Crippen LogP contribution in [0.15, 0.2) is 47.6 Å². The molecule has 124 valence electrons. The highest BCUT2D eigenvalue weighted by atomic mass is 32.1. The normalized spacial score (nSPS) is 11.0. The van der Waals surface area contributed by atoms with E-state index in [2.05, 4.69) is 15.8 Å². The Balaban J connectivity index is 2.06. The number of nitrogens with one attached hydrogen (secondary N) is 2. The molecule has 24 heavy (non-hydrogen) atoms. The molecule has 2 rings (SSSR count). The molecule has 0 amide bonds. The monoisotopic (exact) mass is 342 g/mol. The Morgan fingerprint density at radius 2 is 1.92 bits per heavy atom. The highest BCUT2D eigenvalue weighted by molar-refractivity contribution is 7.80. The maximum absolute atomic E-state index is 10.8. The van der Waals surface area contributed by atoms with Gasteiger partial charge in [0.05, 0.1) is 10.6 Å². The van der Waals surface area contributed by atoms with Crippen molar-refractivity contribution in [2.45, 2.75) is 20.8 Å². The van der Waals surface area contributed by atoms with Crippen LogP contribution >= 0.6 is 12.2 Å². The minimum atomic E-state index is -0.434. The number of hydrogen-bond donors (Lipinski definition) is 2. The summed E-state index contributed by atoms with van der Waals surface area (Å²) >= 11 is 5.24. The van der Waals surface area contributed by atoms with Gasteiger partial charge in [0.2, 0.25) is 0 Å². The molecule has 2 aromatic carbocycles. The molecule has 0 aliphatic carbocycles. The third-order valence-corrected chi connectivity index (χ3v) is 3.85. The van der Waals surface area contributed by atoms with Crippen molar-refractivity contribution in [2.75, 3.05) is 5.32 Å². The topological polar surface area (TPSA) is 79.6 Å². The SMILES string of the molecule is CC(=NNC(=S)Nc1cccc(C)c1C)c1cccc([N+](=O)[O-])c1. The second-order valence-corrected chi connectivity index (χ2v) is 5.73. The molecule has 0 spiro atoms. The average molecular weight is 342 g/mol. The number of nitrogens with zero attached hydrogens (tertiary/aromatic N) is 2. The number of benzene rings is 2. The first-order valence-corrected chi connectivity index (χ1v) is 7.71. The Morgan fingerprint density at radius 1 is 1.21 bits per heavy atom. The summed E-state index contributed by atoms with van der Waals surface area (Å²) in [7, 11) is 0. The molecule has 7 heteroatoms. The summed E-state index contributed by atoms with van der Waals surface area (Å²) in [6, 6.07) is 12.2. The Labute approximate surface area is 145 Å². The zero-order valence-electron chi connectivity index (χ0n) is 13.7. The van der Waals surface area contributed by atoms with Gasteiger partial charge < -0.3 is 5.32 Å². The Morgan fingerprint density at radius 3 is 2.62 bits per heavy atom. The van der Waals surface area contributed by atoms with Gasteiger partial charge in [-0.2, -0.15) is 5.10 Å². The Hall–Kier alpha value is -2.80. The van der Waals surface area contributed by atoms with Gasteiger partial charge in [-0.25, -0.2) is 0 Å². The molecule has 0 saturated heterocycles. The Kier molecular flexibility index (Phi) is 5.59. The van der Waals surface area contributed by atoms with E-state index < -0.39 is 4.92 Å². The predicted octanol–water partition coefficient (Wildman–Crippen LogP) is 3.92. The molecule has 6 nitrogen and oxygen atoms in total. The molecule has 2 N–H and O–H groups in total. The standard InChI is InChI=1S/C17H18N4O2S/c1-11-6-4-9-16(12(11)2)18-17(24)20-19-13(3)14-7-5-8-15(10-14)21(22)23/h4-10H,1-3H3,(H2,18,20,24). The number of non-ortho nitro benzene ring substituents is 1. The van der Waals surface area contributed by atoms with Gasteiger partial charge >= 0.3 is 0 Å². The van der Waals surface area contributed by atoms with Gasteiger partial charge in [0.1, 0.15) is 0 Å². The number of thiocarbonyl (C=S) groups is 1.